The lowest BCUT2D eigenvalue weighted by Crippen LogP contribution is -2.37. The molecule has 0 saturated heterocycles. The minimum absolute atomic E-state index is 0.186. The fraction of sp³-hybridized carbons (Fsp3) is 0.267. The lowest BCUT2D eigenvalue weighted by Gasteiger charge is -2.14. The van der Waals surface area contributed by atoms with Crippen molar-refractivity contribution in [1.82, 2.24) is 10.6 Å². The summed E-state index contributed by atoms with van der Waals surface area (Å²) >= 11 is 0. The highest BCUT2D eigenvalue weighted by Gasteiger charge is 2.33. The summed E-state index contributed by atoms with van der Waals surface area (Å²) in [6.45, 7) is -0.632. The molecule has 0 aliphatic carbocycles. The summed E-state index contributed by atoms with van der Waals surface area (Å²) in [5.41, 5.74) is -1.43. The molecule has 0 aliphatic rings. The third kappa shape index (κ3) is 4.72. The Hall–Kier alpha value is -2.55. The van der Waals surface area contributed by atoms with Crippen molar-refractivity contribution < 1.29 is 31.9 Å². The number of carbonyl (C=O) groups excluding carboxylic acids is 1. The zero-order chi connectivity index (χ0) is 17.7. The Morgan fingerprint density at radius 2 is 2.00 bits per heavy atom. The van der Waals surface area contributed by atoms with E-state index in [0.29, 0.717) is 6.07 Å². The normalized spacial score (nSPS) is 12.7. The average Bonchev–Trinajstić information content (AvgIpc) is 3.05. The molecule has 2 amide bonds. The Labute approximate surface area is 134 Å². The van der Waals surface area contributed by atoms with Gasteiger partial charge in [-0.25, -0.2) is 9.18 Å². The number of aliphatic hydroxyl groups excluding tert-OH is 1. The molecule has 1 heterocycles. The molecule has 0 radical (unpaired) electrons. The van der Waals surface area contributed by atoms with Gasteiger partial charge in [-0.1, -0.05) is 6.07 Å². The van der Waals surface area contributed by atoms with Crippen LogP contribution in [-0.4, -0.2) is 17.7 Å². The second kappa shape index (κ2) is 7.35. The second-order valence-corrected chi connectivity index (χ2v) is 4.89. The number of urea groups is 1. The number of halogens is 4. The highest BCUT2D eigenvalue weighted by molar-refractivity contribution is 5.73. The predicted octanol–water partition coefficient (Wildman–Crippen LogP) is 2.97. The largest absolute Gasteiger partial charge is 0.467 e. The van der Waals surface area contributed by atoms with E-state index in [-0.39, 0.29) is 17.9 Å². The number of furan rings is 1. The Morgan fingerprint density at radius 1 is 1.25 bits per heavy atom. The molecule has 2 aromatic rings. The molecular formula is C15H14F4N2O3. The number of amides is 2. The monoisotopic (exact) mass is 346 g/mol. The number of benzene rings is 1. The van der Waals surface area contributed by atoms with Crippen molar-refractivity contribution in [2.24, 2.45) is 0 Å². The van der Waals surface area contributed by atoms with Gasteiger partial charge in [0.25, 0.3) is 0 Å². The van der Waals surface area contributed by atoms with E-state index >= 15 is 0 Å². The predicted molar refractivity (Wildman–Crippen MR) is 75.3 cm³/mol. The topological polar surface area (TPSA) is 74.5 Å². The van der Waals surface area contributed by atoms with Gasteiger partial charge in [-0.2, -0.15) is 13.2 Å². The van der Waals surface area contributed by atoms with Crippen LogP contribution in [0.1, 0.15) is 23.0 Å². The van der Waals surface area contributed by atoms with Gasteiger partial charge in [-0.05, 0) is 29.8 Å². The number of aliphatic hydroxyl groups is 1. The maximum absolute atomic E-state index is 13.0. The molecule has 5 nitrogen and oxygen atoms in total. The van der Waals surface area contributed by atoms with E-state index in [1.54, 1.807) is 6.07 Å². The zero-order valence-corrected chi connectivity index (χ0v) is 12.2. The Balaban J connectivity index is 1.90. The number of hydrogen-bond donors (Lipinski definition) is 3. The Kier molecular flexibility index (Phi) is 5.45. The molecule has 0 fully saturated rings. The lowest BCUT2D eigenvalue weighted by atomic mass is 10.1. The number of alkyl halides is 3. The van der Waals surface area contributed by atoms with E-state index in [4.69, 9.17) is 4.42 Å². The molecule has 1 aromatic carbocycles. The molecule has 0 aliphatic heterocycles. The first-order valence-corrected chi connectivity index (χ1v) is 6.86. The third-order valence-corrected chi connectivity index (χ3v) is 3.14. The van der Waals surface area contributed by atoms with Crippen molar-refractivity contribution >= 4 is 6.03 Å². The highest BCUT2D eigenvalue weighted by Crippen LogP contribution is 2.32. The maximum Gasteiger partial charge on any atom is 0.416 e. The number of nitrogens with one attached hydrogen (secondary N) is 2. The number of carbonyl (C=O) groups is 1. The summed E-state index contributed by atoms with van der Waals surface area (Å²) in [6, 6.07) is 4.50. The summed E-state index contributed by atoms with van der Waals surface area (Å²) in [7, 11) is 0. The molecule has 1 atom stereocenters. The van der Waals surface area contributed by atoms with Gasteiger partial charge in [-0.3, -0.25) is 0 Å². The van der Waals surface area contributed by atoms with Gasteiger partial charge < -0.3 is 20.2 Å². The fourth-order valence-electron chi connectivity index (χ4n) is 1.98. The van der Waals surface area contributed by atoms with Crippen LogP contribution >= 0.6 is 0 Å². The summed E-state index contributed by atoms with van der Waals surface area (Å²) in [5, 5.41) is 14.2. The number of rotatable bonds is 5. The maximum atomic E-state index is 13.0. The summed E-state index contributed by atoms with van der Waals surface area (Å²) in [5.74, 6) is -0.773. The Bertz CT molecular complexity index is 687. The van der Waals surface area contributed by atoms with Gasteiger partial charge in [-0.15, -0.1) is 0 Å². The van der Waals surface area contributed by atoms with Crippen LogP contribution in [0.15, 0.2) is 41.0 Å². The van der Waals surface area contributed by atoms with Gasteiger partial charge in [0.05, 0.1) is 18.4 Å². The van der Waals surface area contributed by atoms with Crippen LogP contribution in [0.25, 0.3) is 0 Å². The first kappa shape index (κ1) is 17.8. The first-order valence-electron chi connectivity index (χ1n) is 6.86. The van der Waals surface area contributed by atoms with Crippen molar-refractivity contribution in [2.75, 3.05) is 6.54 Å². The van der Waals surface area contributed by atoms with Crippen LogP contribution in [0.5, 0.6) is 0 Å². The molecule has 9 heteroatoms. The molecule has 2 rings (SSSR count). The van der Waals surface area contributed by atoms with Gasteiger partial charge in [0.1, 0.15) is 17.7 Å². The Morgan fingerprint density at radius 3 is 2.62 bits per heavy atom. The lowest BCUT2D eigenvalue weighted by molar-refractivity contribution is -0.138. The minimum atomic E-state index is -4.73. The van der Waals surface area contributed by atoms with Crippen LogP contribution < -0.4 is 10.6 Å². The van der Waals surface area contributed by atoms with E-state index < -0.39 is 36.2 Å². The smallest absolute Gasteiger partial charge is 0.416 e. The van der Waals surface area contributed by atoms with Crippen molar-refractivity contribution in [3.05, 3.63) is 59.3 Å². The fourth-order valence-corrected chi connectivity index (χ4v) is 1.98. The second-order valence-electron chi connectivity index (χ2n) is 4.89. The molecule has 0 saturated carbocycles. The van der Waals surface area contributed by atoms with Crippen LogP contribution in [-0.2, 0) is 12.7 Å². The molecule has 0 spiro atoms. The SMILES string of the molecule is O=C(NCc1ccc(F)cc1C(F)(F)F)NCC(O)c1ccco1. The van der Waals surface area contributed by atoms with Gasteiger partial charge in [0, 0.05) is 6.54 Å². The molecule has 130 valence electrons. The van der Waals surface area contributed by atoms with Crippen LogP contribution in [0, 0.1) is 5.82 Å². The molecule has 24 heavy (non-hydrogen) atoms. The van der Waals surface area contributed by atoms with Crippen LogP contribution in [0.3, 0.4) is 0 Å². The first-order chi connectivity index (χ1) is 11.3. The van der Waals surface area contributed by atoms with Crippen molar-refractivity contribution in [1.29, 1.82) is 0 Å². The molecule has 0 bridgehead atoms. The summed E-state index contributed by atoms with van der Waals surface area (Å²) in [6.07, 6.45) is -4.46. The van der Waals surface area contributed by atoms with E-state index in [9.17, 15) is 27.5 Å². The van der Waals surface area contributed by atoms with Gasteiger partial charge in [0.2, 0.25) is 0 Å². The van der Waals surface area contributed by atoms with E-state index in [2.05, 4.69) is 10.6 Å². The quantitative estimate of drug-likeness (QED) is 0.729. The minimum Gasteiger partial charge on any atom is -0.467 e. The van der Waals surface area contributed by atoms with Gasteiger partial charge >= 0.3 is 12.2 Å². The van der Waals surface area contributed by atoms with Crippen molar-refractivity contribution in [2.45, 2.75) is 18.8 Å². The number of hydrogen-bond acceptors (Lipinski definition) is 3. The third-order valence-electron chi connectivity index (χ3n) is 3.14. The van der Waals surface area contributed by atoms with Crippen LogP contribution in [0.4, 0.5) is 22.4 Å². The molecular weight excluding hydrogens is 332 g/mol. The van der Waals surface area contributed by atoms with E-state index in [1.807, 2.05) is 0 Å². The average molecular weight is 346 g/mol. The van der Waals surface area contributed by atoms with Gasteiger partial charge in [0.15, 0.2) is 0 Å². The molecule has 1 unspecified atom stereocenters. The summed E-state index contributed by atoms with van der Waals surface area (Å²) < 4.78 is 56.4. The van der Waals surface area contributed by atoms with Crippen molar-refractivity contribution in [3.8, 4) is 0 Å². The van der Waals surface area contributed by atoms with Crippen LogP contribution in [0.2, 0.25) is 0 Å². The standard InChI is InChI=1S/C15H14F4N2O3/c16-10-4-3-9(11(6-10)15(17,18)19)7-20-14(23)21-8-12(22)13-2-1-5-24-13/h1-6,12,22H,7-8H2,(H2,20,21,23). The zero-order valence-electron chi connectivity index (χ0n) is 12.2. The molecule has 1 aromatic heterocycles. The molecule has 3 N–H and O–H groups in total. The van der Waals surface area contributed by atoms with E-state index in [0.717, 1.165) is 12.1 Å². The van der Waals surface area contributed by atoms with E-state index in [1.165, 1.54) is 12.3 Å². The summed E-state index contributed by atoms with van der Waals surface area (Å²) in [4.78, 5) is 11.6. The highest BCUT2D eigenvalue weighted by atomic mass is 19.4. The van der Waals surface area contributed by atoms with Crippen molar-refractivity contribution in [3.63, 3.8) is 0 Å².